The molecule has 19 heavy (non-hydrogen) atoms. The highest BCUT2D eigenvalue weighted by Crippen LogP contribution is 2.21. The van der Waals surface area contributed by atoms with Crippen LogP contribution in [0.4, 0.5) is 0 Å². The Morgan fingerprint density at radius 2 is 1.89 bits per heavy atom. The van der Waals surface area contributed by atoms with Crippen molar-refractivity contribution in [2.45, 2.75) is 59.0 Å². The lowest BCUT2D eigenvalue weighted by Gasteiger charge is -2.22. The number of aliphatic hydroxyl groups excluding tert-OH is 1. The minimum Gasteiger partial charge on any atom is -0.393 e. The van der Waals surface area contributed by atoms with E-state index in [9.17, 15) is 5.11 Å². The third kappa shape index (κ3) is 6.22. The van der Waals surface area contributed by atoms with Crippen LogP contribution in [0.5, 0.6) is 0 Å². The van der Waals surface area contributed by atoms with Crippen LogP contribution in [0.25, 0.3) is 0 Å². The van der Waals surface area contributed by atoms with E-state index in [1.165, 1.54) is 11.1 Å². The van der Waals surface area contributed by atoms with Gasteiger partial charge in [0.25, 0.3) is 0 Å². The number of nitrogens with two attached hydrogens (primary N) is 1. The number of aliphatic hydroxyl groups is 1. The first-order chi connectivity index (χ1) is 8.96. The summed E-state index contributed by atoms with van der Waals surface area (Å²) in [5.74, 6) is 0. The molecule has 2 heteroatoms. The summed E-state index contributed by atoms with van der Waals surface area (Å²) in [6.07, 6.45) is 4.62. The van der Waals surface area contributed by atoms with Gasteiger partial charge in [-0.3, -0.25) is 0 Å². The van der Waals surface area contributed by atoms with Crippen LogP contribution >= 0.6 is 0 Å². The molecule has 2 nitrogen and oxygen atoms in total. The molecule has 1 aromatic rings. The zero-order valence-electron chi connectivity index (χ0n) is 12.7. The first-order valence-corrected chi connectivity index (χ1v) is 7.43. The zero-order chi connectivity index (χ0) is 14.3. The highest BCUT2D eigenvalue weighted by molar-refractivity contribution is 5.24. The summed E-state index contributed by atoms with van der Waals surface area (Å²) >= 11 is 0. The average Bonchev–Trinajstić information content (AvgIpc) is 2.37. The first kappa shape index (κ1) is 16.2. The zero-order valence-corrected chi connectivity index (χ0v) is 12.7. The van der Waals surface area contributed by atoms with Gasteiger partial charge in [-0.1, -0.05) is 51.5 Å². The van der Waals surface area contributed by atoms with Gasteiger partial charge in [0, 0.05) is 0 Å². The summed E-state index contributed by atoms with van der Waals surface area (Å²) in [6, 6.07) is 8.69. The minimum atomic E-state index is -0.158. The summed E-state index contributed by atoms with van der Waals surface area (Å²) in [4.78, 5) is 0. The van der Waals surface area contributed by atoms with E-state index in [2.05, 4.69) is 45.0 Å². The van der Waals surface area contributed by atoms with Gasteiger partial charge >= 0.3 is 0 Å². The van der Waals surface area contributed by atoms with Gasteiger partial charge in [0.05, 0.1) is 6.10 Å². The second-order valence-electron chi connectivity index (χ2n) is 6.35. The van der Waals surface area contributed by atoms with Crippen LogP contribution in [-0.2, 0) is 12.8 Å². The predicted octanol–water partition coefficient (Wildman–Crippen LogP) is 3.31. The third-order valence-corrected chi connectivity index (χ3v) is 3.61. The van der Waals surface area contributed by atoms with Crippen LogP contribution in [-0.4, -0.2) is 17.8 Å². The molecule has 0 aliphatic heterocycles. The molecule has 1 atom stereocenters. The van der Waals surface area contributed by atoms with Crippen molar-refractivity contribution in [2.24, 2.45) is 11.1 Å². The summed E-state index contributed by atoms with van der Waals surface area (Å²) in [6.45, 7) is 7.21. The van der Waals surface area contributed by atoms with Crippen molar-refractivity contribution < 1.29 is 5.11 Å². The van der Waals surface area contributed by atoms with Crippen LogP contribution in [0.1, 0.15) is 51.2 Å². The van der Waals surface area contributed by atoms with E-state index in [4.69, 9.17) is 5.73 Å². The van der Waals surface area contributed by atoms with Gasteiger partial charge in [-0.2, -0.15) is 0 Å². The normalized spacial score (nSPS) is 13.5. The molecule has 3 N–H and O–H groups in total. The van der Waals surface area contributed by atoms with E-state index in [-0.39, 0.29) is 11.5 Å². The van der Waals surface area contributed by atoms with Gasteiger partial charge in [0.1, 0.15) is 0 Å². The molecule has 108 valence electrons. The van der Waals surface area contributed by atoms with Gasteiger partial charge in [-0.25, -0.2) is 0 Å². The Hall–Kier alpha value is -0.860. The van der Waals surface area contributed by atoms with E-state index in [1.807, 2.05) is 0 Å². The van der Waals surface area contributed by atoms with Gasteiger partial charge in [-0.05, 0) is 48.8 Å². The Bertz CT molecular complexity index is 373. The Morgan fingerprint density at radius 3 is 2.53 bits per heavy atom. The van der Waals surface area contributed by atoms with Crippen molar-refractivity contribution in [3.8, 4) is 0 Å². The first-order valence-electron chi connectivity index (χ1n) is 7.43. The number of hydrogen-bond donors (Lipinski definition) is 2. The number of benzene rings is 1. The second-order valence-corrected chi connectivity index (χ2v) is 6.35. The topological polar surface area (TPSA) is 46.2 Å². The van der Waals surface area contributed by atoms with E-state index >= 15 is 0 Å². The number of hydrogen-bond acceptors (Lipinski definition) is 2. The summed E-state index contributed by atoms with van der Waals surface area (Å²) in [5.41, 5.74) is 8.61. The largest absolute Gasteiger partial charge is 0.393 e. The van der Waals surface area contributed by atoms with Crippen LogP contribution in [0, 0.1) is 5.41 Å². The molecule has 0 fully saturated rings. The summed E-state index contributed by atoms with van der Waals surface area (Å²) in [7, 11) is 0. The Balaban J connectivity index is 2.57. The molecule has 0 aromatic heterocycles. The van der Waals surface area contributed by atoms with Crippen molar-refractivity contribution in [3.63, 3.8) is 0 Å². The van der Waals surface area contributed by atoms with Crippen molar-refractivity contribution >= 4 is 0 Å². The van der Waals surface area contributed by atoms with Crippen molar-refractivity contribution in [1.29, 1.82) is 0 Å². The van der Waals surface area contributed by atoms with Crippen LogP contribution < -0.4 is 5.73 Å². The van der Waals surface area contributed by atoms with Crippen LogP contribution in [0.2, 0.25) is 0 Å². The van der Waals surface area contributed by atoms with E-state index in [0.717, 1.165) is 32.1 Å². The maximum absolute atomic E-state index is 9.79. The molecule has 1 aromatic carbocycles. The minimum absolute atomic E-state index is 0.153. The second kappa shape index (κ2) is 7.66. The maximum Gasteiger partial charge on any atom is 0.0543 e. The lowest BCUT2D eigenvalue weighted by Crippen LogP contribution is -2.25. The van der Waals surface area contributed by atoms with Gasteiger partial charge in [0.2, 0.25) is 0 Å². The van der Waals surface area contributed by atoms with E-state index < -0.39 is 0 Å². The number of rotatable bonds is 8. The molecular formula is C17H29NO. The molecule has 1 rings (SSSR count). The number of aryl methyl sites for hydroxylation is 1. The molecule has 0 spiro atoms. The quantitative estimate of drug-likeness (QED) is 0.756. The van der Waals surface area contributed by atoms with Gasteiger partial charge in [-0.15, -0.1) is 0 Å². The molecule has 1 unspecified atom stereocenters. The van der Waals surface area contributed by atoms with Gasteiger partial charge in [0.15, 0.2) is 0 Å². The molecule has 0 saturated heterocycles. The van der Waals surface area contributed by atoms with E-state index in [1.54, 1.807) is 0 Å². The van der Waals surface area contributed by atoms with Gasteiger partial charge < -0.3 is 10.8 Å². The summed E-state index contributed by atoms with van der Waals surface area (Å²) in [5, 5.41) is 9.79. The molecule has 0 aliphatic rings. The highest BCUT2D eigenvalue weighted by Gasteiger charge is 2.16. The fraction of sp³-hybridized carbons (Fsp3) is 0.647. The predicted molar refractivity (Wildman–Crippen MR) is 82.2 cm³/mol. The Kier molecular flexibility index (Phi) is 6.53. The molecule has 0 amide bonds. The molecule has 0 bridgehead atoms. The molecule has 0 saturated carbocycles. The fourth-order valence-corrected chi connectivity index (χ4v) is 2.33. The standard InChI is InChI=1S/C17H29NO/c1-4-6-16(19)10-9-14-7-5-8-15(11-14)12-17(2,3)13-18/h5,7-8,11,16,19H,4,6,9-10,12-13,18H2,1-3H3. The third-order valence-electron chi connectivity index (χ3n) is 3.61. The Morgan fingerprint density at radius 1 is 1.21 bits per heavy atom. The smallest absolute Gasteiger partial charge is 0.0543 e. The lowest BCUT2D eigenvalue weighted by atomic mass is 9.85. The van der Waals surface area contributed by atoms with Crippen molar-refractivity contribution in [1.82, 2.24) is 0 Å². The van der Waals surface area contributed by atoms with Crippen LogP contribution in [0.15, 0.2) is 24.3 Å². The Labute approximate surface area is 118 Å². The fourth-order valence-electron chi connectivity index (χ4n) is 2.33. The highest BCUT2D eigenvalue weighted by atomic mass is 16.3. The van der Waals surface area contributed by atoms with Crippen LogP contribution in [0.3, 0.4) is 0 Å². The average molecular weight is 263 g/mol. The van der Waals surface area contributed by atoms with Crippen molar-refractivity contribution in [2.75, 3.05) is 6.54 Å². The summed E-state index contributed by atoms with van der Waals surface area (Å²) < 4.78 is 0. The molecule has 0 radical (unpaired) electrons. The monoisotopic (exact) mass is 263 g/mol. The lowest BCUT2D eigenvalue weighted by molar-refractivity contribution is 0.154. The molecule has 0 aliphatic carbocycles. The van der Waals surface area contributed by atoms with E-state index in [0.29, 0.717) is 6.54 Å². The molecular weight excluding hydrogens is 234 g/mol. The molecule has 0 heterocycles. The maximum atomic E-state index is 9.79. The SMILES string of the molecule is CCCC(O)CCc1cccc(CC(C)(C)CN)c1. The van der Waals surface area contributed by atoms with Crippen molar-refractivity contribution in [3.05, 3.63) is 35.4 Å².